The van der Waals surface area contributed by atoms with Crippen LogP contribution in [0.1, 0.15) is 50.3 Å². The van der Waals surface area contributed by atoms with Gasteiger partial charge in [-0.3, -0.25) is 29.5 Å². The lowest BCUT2D eigenvalue weighted by Gasteiger charge is -2.49. The van der Waals surface area contributed by atoms with Gasteiger partial charge in [-0.05, 0) is 81.0 Å². The number of rotatable bonds is 7. The molecule has 16 heteroatoms. The van der Waals surface area contributed by atoms with E-state index in [0.29, 0.717) is 34.0 Å². The molecule has 7 rings (SSSR count). The van der Waals surface area contributed by atoms with Crippen LogP contribution in [0.5, 0.6) is 17.2 Å². The minimum absolute atomic E-state index is 0.0191. The lowest BCUT2D eigenvalue weighted by molar-refractivity contribution is -0.146. The molecule has 2 saturated heterocycles. The highest BCUT2D eigenvalue weighted by molar-refractivity contribution is 6.33. The Morgan fingerprint density at radius 3 is 2.16 bits per heavy atom. The SMILES string of the molecule is COc1cc(C=C[C@H]2C3=CC[C@@H]4C(=O)N(C(C)(C)C)C(=O)[C@@H]4[C@@H]3C[C@H]3C(=O)N(Nc4ncc(C(F)(F)F)cc4Cl)C(=O)[C@@]23c2ccc(Cl)cc2)cc(OC)c1O. The molecule has 2 aliphatic heterocycles. The minimum Gasteiger partial charge on any atom is -0.502 e. The smallest absolute Gasteiger partial charge is 0.417 e. The van der Waals surface area contributed by atoms with Crippen LogP contribution in [-0.4, -0.2) is 63.4 Å². The number of phenols is 1. The van der Waals surface area contributed by atoms with Crippen molar-refractivity contribution >= 4 is 58.7 Å². The third kappa shape index (κ3) is 6.08. The van der Waals surface area contributed by atoms with Gasteiger partial charge in [0.15, 0.2) is 17.3 Å². The zero-order valence-electron chi connectivity index (χ0n) is 30.8. The van der Waals surface area contributed by atoms with E-state index in [1.807, 2.05) is 6.08 Å². The summed E-state index contributed by atoms with van der Waals surface area (Å²) in [5.41, 5.74) is 0.520. The van der Waals surface area contributed by atoms with Gasteiger partial charge in [-0.1, -0.05) is 59.1 Å². The third-order valence-electron chi connectivity index (χ3n) is 11.3. The maximum absolute atomic E-state index is 15.3. The number of pyridine rings is 1. The second kappa shape index (κ2) is 13.8. The standard InChI is InChI=1S/C40H37Cl2F3N4O7/c1-38(2,3)48-34(51)24-12-11-23-25(31(24)36(48)53)17-27-35(52)49(47-33-28(42)16-21(18-46-33)40(43,44)45)37(54)39(27,20-7-9-22(41)10-8-20)26(23)13-6-19-14-29(55-4)32(50)30(15-19)56-5/h6-11,13-16,18,24-27,31,50H,12,17H2,1-5H3,(H,46,47)/t24-,25+,26-,27-,31-,39-/m0/s1. The maximum atomic E-state index is 15.3. The van der Waals surface area contributed by atoms with Gasteiger partial charge in [-0.25, -0.2) is 4.98 Å². The van der Waals surface area contributed by atoms with E-state index < -0.39 is 69.1 Å². The highest BCUT2D eigenvalue weighted by Crippen LogP contribution is 2.62. The van der Waals surface area contributed by atoms with Crippen molar-refractivity contribution in [2.24, 2.45) is 29.6 Å². The Bertz CT molecular complexity index is 2200. The Hall–Kier alpha value is -5.08. The van der Waals surface area contributed by atoms with Gasteiger partial charge >= 0.3 is 6.18 Å². The second-order valence-corrected chi connectivity index (χ2v) is 16.1. The van der Waals surface area contributed by atoms with Crippen molar-refractivity contribution in [2.45, 2.75) is 50.7 Å². The molecule has 1 aromatic heterocycles. The van der Waals surface area contributed by atoms with Gasteiger partial charge in [0, 0.05) is 22.7 Å². The molecular weight excluding hydrogens is 776 g/mol. The van der Waals surface area contributed by atoms with Crippen LogP contribution in [0.3, 0.4) is 0 Å². The summed E-state index contributed by atoms with van der Waals surface area (Å²) in [6, 6.07) is 10.2. The number of phenolic OH excluding ortho intramolecular Hbond substituents is 1. The number of hydrazine groups is 1. The lowest BCUT2D eigenvalue weighted by atomic mass is 9.50. The number of hydrogen-bond acceptors (Lipinski definition) is 9. The number of halogens is 5. The Labute approximate surface area is 330 Å². The monoisotopic (exact) mass is 812 g/mol. The van der Waals surface area contributed by atoms with Crippen molar-refractivity contribution in [2.75, 3.05) is 19.6 Å². The molecule has 56 heavy (non-hydrogen) atoms. The first-order chi connectivity index (χ1) is 26.3. The number of alkyl halides is 3. The van der Waals surface area contributed by atoms with E-state index >= 15 is 4.79 Å². The summed E-state index contributed by atoms with van der Waals surface area (Å²) in [4.78, 5) is 63.3. The number of allylic oxidation sites excluding steroid dienone is 3. The molecule has 0 unspecified atom stereocenters. The normalized spacial score (nSPS) is 26.3. The van der Waals surface area contributed by atoms with E-state index in [4.69, 9.17) is 32.7 Å². The van der Waals surface area contributed by atoms with E-state index in [1.54, 1.807) is 69.3 Å². The van der Waals surface area contributed by atoms with E-state index in [2.05, 4.69) is 10.4 Å². The maximum Gasteiger partial charge on any atom is 0.417 e. The van der Waals surface area contributed by atoms with Gasteiger partial charge in [-0.15, -0.1) is 0 Å². The Balaban J connectivity index is 1.43. The quantitative estimate of drug-likeness (QED) is 0.184. The first-order valence-electron chi connectivity index (χ1n) is 17.7. The molecule has 3 fully saturated rings. The van der Waals surface area contributed by atoms with Gasteiger partial charge in [-0.2, -0.15) is 18.2 Å². The first-order valence-corrected chi connectivity index (χ1v) is 18.4. The van der Waals surface area contributed by atoms with E-state index in [0.717, 1.165) is 5.01 Å². The van der Waals surface area contributed by atoms with Gasteiger partial charge in [0.05, 0.1) is 48.0 Å². The molecule has 0 bridgehead atoms. The molecule has 3 aromatic rings. The van der Waals surface area contributed by atoms with Crippen LogP contribution in [0, 0.1) is 29.6 Å². The average molecular weight is 814 g/mol. The van der Waals surface area contributed by atoms with Crippen LogP contribution in [-0.2, 0) is 30.8 Å². The number of aromatic hydroxyl groups is 1. The number of nitrogens with one attached hydrogen (secondary N) is 1. The van der Waals surface area contributed by atoms with Crippen molar-refractivity contribution < 1.29 is 46.9 Å². The number of carbonyl (C=O) groups is 4. The fourth-order valence-electron chi connectivity index (χ4n) is 8.91. The predicted octanol–water partition coefficient (Wildman–Crippen LogP) is 7.46. The van der Waals surface area contributed by atoms with Gasteiger partial charge in [0.25, 0.3) is 11.8 Å². The van der Waals surface area contributed by atoms with Crippen molar-refractivity contribution in [3.05, 3.63) is 93.1 Å². The number of aromatic nitrogens is 1. The molecule has 0 radical (unpaired) electrons. The number of amides is 4. The highest BCUT2D eigenvalue weighted by Gasteiger charge is 2.70. The number of hydrogen-bond donors (Lipinski definition) is 2. The summed E-state index contributed by atoms with van der Waals surface area (Å²) in [6.07, 6.45) is 1.28. The van der Waals surface area contributed by atoms with Crippen molar-refractivity contribution in [3.8, 4) is 17.2 Å². The van der Waals surface area contributed by atoms with Crippen molar-refractivity contribution in [3.63, 3.8) is 0 Å². The van der Waals surface area contributed by atoms with Crippen molar-refractivity contribution in [1.29, 1.82) is 0 Å². The summed E-state index contributed by atoms with van der Waals surface area (Å²) >= 11 is 12.6. The van der Waals surface area contributed by atoms with Crippen LogP contribution in [0.25, 0.3) is 6.08 Å². The fraction of sp³-hybridized carbons (Fsp3) is 0.375. The summed E-state index contributed by atoms with van der Waals surface area (Å²) in [5, 5.41) is 11.2. The zero-order chi connectivity index (χ0) is 40.6. The van der Waals surface area contributed by atoms with Crippen LogP contribution < -0.4 is 14.9 Å². The number of ether oxygens (including phenoxy) is 2. The number of imide groups is 2. The molecule has 4 amide bonds. The molecule has 4 aliphatic rings. The summed E-state index contributed by atoms with van der Waals surface area (Å²) in [5.74, 6) is -6.84. The molecule has 294 valence electrons. The summed E-state index contributed by atoms with van der Waals surface area (Å²) in [6.45, 7) is 5.32. The van der Waals surface area contributed by atoms with Gasteiger partial charge in [0.2, 0.25) is 17.6 Å². The molecule has 2 N–H and O–H groups in total. The number of fused-ring (bicyclic) bond motifs is 4. The second-order valence-electron chi connectivity index (χ2n) is 15.3. The Morgan fingerprint density at radius 1 is 0.946 bits per heavy atom. The van der Waals surface area contributed by atoms with E-state index in [-0.39, 0.29) is 47.7 Å². The van der Waals surface area contributed by atoms with Crippen LogP contribution in [0.4, 0.5) is 19.0 Å². The number of benzene rings is 2. The van der Waals surface area contributed by atoms with E-state index in [9.17, 15) is 32.7 Å². The summed E-state index contributed by atoms with van der Waals surface area (Å²) in [7, 11) is 2.75. The highest BCUT2D eigenvalue weighted by atomic mass is 35.5. The molecule has 0 spiro atoms. The Kier molecular flexibility index (Phi) is 9.68. The molecular formula is C40H37Cl2F3N4O7. The molecule has 11 nitrogen and oxygen atoms in total. The minimum atomic E-state index is -4.75. The fourth-order valence-corrected chi connectivity index (χ4v) is 9.24. The molecule has 2 aromatic carbocycles. The lowest BCUT2D eigenvalue weighted by Crippen LogP contribution is -2.54. The predicted molar refractivity (Wildman–Crippen MR) is 199 cm³/mol. The van der Waals surface area contributed by atoms with Crippen LogP contribution in [0.15, 0.2) is 66.4 Å². The summed E-state index contributed by atoms with van der Waals surface area (Å²) < 4.78 is 51.2. The van der Waals surface area contributed by atoms with E-state index in [1.165, 1.54) is 19.1 Å². The number of methoxy groups -OCH3 is 2. The third-order valence-corrected chi connectivity index (χ3v) is 11.8. The average Bonchev–Trinajstić information content (AvgIpc) is 3.53. The molecule has 2 aliphatic carbocycles. The zero-order valence-corrected chi connectivity index (χ0v) is 32.3. The molecule has 3 heterocycles. The van der Waals surface area contributed by atoms with Gasteiger partial charge in [0.1, 0.15) is 0 Å². The van der Waals surface area contributed by atoms with Crippen LogP contribution in [0.2, 0.25) is 10.0 Å². The first kappa shape index (κ1) is 39.2. The van der Waals surface area contributed by atoms with Crippen molar-refractivity contribution in [1.82, 2.24) is 14.9 Å². The molecule has 6 atom stereocenters. The van der Waals surface area contributed by atoms with Crippen LogP contribution >= 0.6 is 23.2 Å². The topological polar surface area (TPSA) is 138 Å². The number of nitrogens with zero attached hydrogens (tertiary/aromatic N) is 3. The number of likely N-dealkylation sites (tertiary alicyclic amines) is 1. The number of carbonyl (C=O) groups excluding carboxylic acids is 4. The number of anilines is 1. The largest absolute Gasteiger partial charge is 0.502 e. The van der Waals surface area contributed by atoms with Gasteiger partial charge < -0.3 is 14.6 Å². The Morgan fingerprint density at radius 2 is 1.59 bits per heavy atom. The molecule has 1 saturated carbocycles.